The number of hydrogen-bond acceptors (Lipinski definition) is 8. The number of aryl methyl sites for hydroxylation is 1. The third-order valence-electron chi connectivity index (χ3n) is 4.98. The maximum absolute atomic E-state index is 5.98. The number of fused-ring (bicyclic) bond motifs is 1. The number of imidazole rings is 1. The molecule has 0 radical (unpaired) electrons. The van der Waals surface area contributed by atoms with Crippen LogP contribution in [0, 0.1) is 0 Å². The Labute approximate surface area is 181 Å². The van der Waals surface area contributed by atoms with Crippen molar-refractivity contribution in [3.8, 4) is 11.3 Å². The Morgan fingerprint density at radius 3 is 2.45 bits per heavy atom. The zero-order chi connectivity index (χ0) is 19.8. The standard InChI is InChI=1S/C19H20ClN7S2/c1-2-16-22-17(29-24-16)25-8-3-9-26(11-10-25)19-23-27-12-15(21-18(27)28-19)13-4-6-14(20)7-5-13/h4-7,12H,2-3,8-11H2,1H3. The first-order chi connectivity index (χ1) is 14.2. The molecule has 1 saturated heterocycles. The second kappa shape index (κ2) is 7.89. The molecular weight excluding hydrogens is 426 g/mol. The van der Waals surface area contributed by atoms with Gasteiger partial charge in [0.25, 0.3) is 0 Å². The zero-order valence-electron chi connectivity index (χ0n) is 16.0. The summed E-state index contributed by atoms with van der Waals surface area (Å²) in [6.45, 7) is 5.92. The van der Waals surface area contributed by atoms with Crippen molar-refractivity contribution in [2.45, 2.75) is 19.8 Å². The lowest BCUT2D eigenvalue weighted by atomic mass is 10.2. The number of anilines is 2. The average molecular weight is 446 g/mol. The Bertz CT molecular complexity index is 1090. The highest BCUT2D eigenvalue weighted by atomic mass is 35.5. The Morgan fingerprint density at radius 1 is 1.00 bits per heavy atom. The highest BCUT2D eigenvalue weighted by Crippen LogP contribution is 2.28. The van der Waals surface area contributed by atoms with Crippen molar-refractivity contribution in [3.05, 3.63) is 41.3 Å². The van der Waals surface area contributed by atoms with Gasteiger partial charge in [0.05, 0.1) is 11.9 Å². The number of halogens is 1. The van der Waals surface area contributed by atoms with Gasteiger partial charge < -0.3 is 9.80 Å². The molecule has 1 fully saturated rings. The molecule has 0 saturated carbocycles. The van der Waals surface area contributed by atoms with Crippen LogP contribution in [0.1, 0.15) is 19.2 Å². The van der Waals surface area contributed by atoms with Gasteiger partial charge in [-0.25, -0.2) is 14.5 Å². The monoisotopic (exact) mass is 445 g/mol. The van der Waals surface area contributed by atoms with Gasteiger partial charge in [-0.2, -0.15) is 4.37 Å². The first-order valence-corrected chi connectivity index (χ1v) is 11.6. The summed E-state index contributed by atoms with van der Waals surface area (Å²) in [4.78, 5) is 15.0. The molecule has 1 aromatic carbocycles. The minimum Gasteiger partial charge on any atom is -0.345 e. The van der Waals surface area contributed by atoms with Crippen LogP contribution < -0.4 is 9.80 Å². The average Bonchev–Trinajstić information content (AvgIpc) is 3.40. The molecule has 29 heavy (non-hydrogen) atoms. The molecule has 0 spiro atoms. The molecule has 0 amide bonds. The summed E-state index contributed by atoms with van der Waals surface area (Å²) in [5.41, 5.74) is 1.96. The second-order valence-corrected chi connectivity index (χ2v) is 9.02. The molecule has 150 valence electrons. The molecule has 1 aliphatic heterocycles. The number of nitrogens with zero attached hydrogens (tertiary/aromatic N) is 7. The fraction of sp³-hybridized carbons (Fsp3) is 0.368. The highest BCUT2D eigenvalue weighted by molar-refractivity contribution is 7.20. The van der Waals surface area contributed by atoms with E-state index in [4.69, 9.17) is 21.7 Å². The summed E-state index contributed by atoms with van der Waals surface area (Å²) in [5.74, 6) is 0.934. The van der Waals surface area contributed by atoms with Gasteiger partial charge in [-0.1, -0.05) is 42.0 Å². The first-order valence-electron chi connectivity index (χ1n) is 9.64. The predicted octanol–water partition coefficient (Wildman–Crippen LogP) is 4.24. The molecule has 10 heteroatoms. The highest BCUT2D eigenvalue weighted by Gasteiger charge is 2.21. The molecule has 3 aromatic heterocycles. The third kappa shape index (κ3) is 3.82. The van der Waals surface area contributed by atoms with E-state index in [1.54, 1.807) is 11.3 Å². The van der Waals surface area contributed by atoms with Gasteiger partial charge in [-0.15, -0.1) is 5.10 Å². The minimum atomic E-state index is 0.727. The maximum Gasteiger partial charge on any atom is 0.214 e. The molecule has 5 rings (SSSR count). The summed E-state index contributed by atoms with van der Waals surface area (Å²) in [5, 5.41) is 7.56. The van der Waals surface area contributed by atoms with Crippen LogP contribution in [0.5, 0.6) is 0 Å². The van der Waals surface area contributed by atoms with Gasteiger partial charge in [-0.3, -0.25) is 0 Å². The quantitative estimate of drug-likeness (QED) is 0.468. The summed E-state index contributed by atoms with van der Waals surface area (Å²) < 4.78 is 6.30. The van der Waals surface area contributed by atoms with Gasteiger partial charge in [0, 0.05) is 54.7 Å². The van der Waals surface area contributed by atoms with Crippen LogP contribution >= 0.6 is 34.5 Å². The molecule has 0 aliphatic carbocycles. The molecule has 1 aliphatic rings. The van der Waals surface area contributed by atoms with Crippen LogP contribution in [-0.2, 0) is 6.42 Å². The fourth-order valence-corrected chi connectivity index (χ4v) is 5.26. The Hall–Kier alpha value is -2.23. The predicted molar refractivity (Wildman–Crippen MR) is 120 cm³/mol. The number of benzene rings is 1. The van der Waals surface area contributed by atoms with Crippen molar-refractivity contribution in [3.63, 3.8) is 0 Å². The van der Waals surface area contributed by atoms with Crippen molar-refractivity contribution >= 4 is 49.7 Å². The molecule has 0 N–H and O–H groups in total. The minimum absolute atomic E-state index is 0.727. The van der Waals surface area contributed by atoms with Crippen LogP contribution in [-0.4, -0.2) is 50.1 Å². The topological polar surface area (TPSA) is 62.5 Å². The lowest BCUT2D eigenvalue weighted by molar-refractivity contribution is 0.792. The van der Waals surface area contributed by atoms with Crippen molar-refractivity contribution in [2.24, 2.45) is 0 Å². The largest absolute Gasteiger partial charge is 0.345 e. The van der Waals surface area contributed by atoms with E-state index >= 15 is 0 Å². The lowest BCUT2D eigenvalue weighted by Crippen LogP contribution is -2.30. The van der Waals surface area contributed by atoms with E-state index in [-0.39, 0.29) is 0 Å². The van der Waals surface area contributed by atoms with Crippen LogP contribution in [0.3, 0.4) is 0 Å². The van der Waals surface area contributed by atoms with Crippen molar-refractivity contribution in [1.29, 1.82) is 0 Å². The van der Waals surface area contributed by atoms with E-state index < -0.39 is 0 Å². The first kappa shape index (κ1) is 18.8. The summed E-state index contributed by atoms with van der Waals surface area (Å²) >= 11 is 9.12. The van der Waals surface area contributed by atoms with Gasteiger partial charge in [-0.05, 0) is 18.6 Å². The number of rotatable bonds is 4. The lowest BCUT2D eigenvalue weighted by Gasteiger charge is -2.20. The van der Waals surface area contributed by atoms with Crippen molar-refractivity contribution in [2.75, 3.05) is 36.0 Å². The SMILES string of the molecule is CCc1nsc(N2CCCN(c3nn4cc(-c5ccc(Cl)cc5)nc4s3)CC2)n1. The Morgan fingerprint density at radius 2 is 1.76 bits per heavy atom. The summed E-state index contributed by atoms with van der Waals surface area (Å²) in [6, 6.07) is 7.73. The molecule has 0 atom stereocenters. The molecular formula is C19H20ClN7S2. The number of aromatic nitrogens is 5. The van der Waals surface area contributed by atoms with Crippen LogP contribution in [0.25, 0.3) is 16.2 Å². The molecule has 0 bridgehead atoms. The zero-order valence-corrected chi connectivity index (χ0v) is 18.3. The Balaban J connectivity index is 1.31. The van der Waals surface area contributed by atoms with Crippen molar-refractivity contribution in [1.82, 2.24) is 24.0 Å². The van der Waals surface area contributed by atoms with E-state index in [0.717, 1.165) is 76.3 Å². The van der Waals surface area contributed by atoms with Crippen molar-refractivity contribution < 1.29 is 0 Å². The smallest absolute Gasteiger partial charge is 0.214 e. The molecule has 4 aromatic rings. The van der Waals surface area contributed by atoms with Gasteiger partial charge >= 0.3 is 0 Å². The van der Waals surface area contributed by atoms with E-state index in [1.165, 1.54) is 11.5 Å². The van der Waals surface area contributed by atoms with Crippen LogP contribution in [0.15, 0.2) is 30.5 Å². The van der Waals surface area contributed by atoms with E-state index in [9.17, 15) is 0 Å². The summed E-state index contributed by atoms with van der Waals surface area (Å²) in [7, 11) is 0. The van der Waals surface area contributed by atoms with Crippen LogP contribution in [0.4, 0.5) is 10.3 Å². The Kier molecular flexibility index (Phi) is 5.11. The number of hydrogen-bond donors (Lipinski definition) is 0. The molecule has 0 unspecified atom stereocenters. The maximum atomic E-state index is 5.98. The van der Waals surface area contributed by atoms with E-state index in [0.29, 0.717) is 0 Å². The van der Waals surface area contributed by atoms with Gasteiger partial charge in [0.2, 0.25) is 15.2 Å². The third-order valence-corrected chi connectivity index (χ3v) is 7.03. The molecule has 4 heterocycles. The second-order valence-electron chi connectivity index (χ2n) is 6.92. The fourth-order valence-electron chi connectivity index (χ4n) is 3.39. The summed E-state index contributed by atoms with van der Waals surface area (Å²) in [6.07, 6.45) is 3.93. The normalized spacial score (nSPS) is 15.2. The molecule has 7 nitrogen and oxygen atoms in total. The van der Waals surface area contributed by atoms with E-state index in [2.05, 4.69) is 26.1 Å². The van der Waals surface area contributed by atoms with E-state index in [1.807, 2.05) is 35.0 Å². The van der Waals surface area contributed by atoms with Crippen LogP contribution in [0.2, 0.25) is 5.02 Å². The van der Waals surface area contributed by atoms with Gasteiger partial charge in [0.1, 0.15) is 5.82 Å². The van der Waals surface area contributed by atoms with Gasteiger partial charge in [0.15, 0.2) is 0 Å².